The first-order valence-electron chi connectivity index (χ1n) is 9.30. The predicted octanol–water partition coefficient (Wildman–Crippen LogP) is 2.83. The maximum atomic E-state index is 12.9. The van der Waals surface area contributed by atoms with Gasteiger partial charge in [0.25, 0.3) is 0 Å². The van der Waals surface area contributed by atoms with E-state index in [1.807, 2.05) is 0 Å². The Morgan fingerprint density at radius 3 is 2.31 bits per heavy atom. The molecular weight excluding hydrogens is 376 g/mol. The number of benzene rings is 2. The summed E-state index contributed by atoms with van der Waals surface area (Å²) < 4.78 is 21.5. The molecule has 8 nitrogen and oxygen atoms in total. The van der Waals surface area contributed by atoms with Crippen LogP contribution in [0.2, 0.25) is 0 Å². The van der Waals surface area contributed by atoms with Crippen molar-refractivity contribution in [2.45, 2.75) is 12.8 Å². The highest BCUT2D eigenvalue weighted by Gasteiger charge is 2.56. The van der Waals surface area contributed by atoms with Gasteiger partial charge < -0.3 is 29.6 Å². The highest BCUT2D eigenvalue weighted by molar-refractivity contribution is 6.17. The van der Waals surface area contributed by atoms with E-state index < -0.39 is 5.41 Å². The summed E-state index contributed by atoms with van der Waals surface area (Å²) in [6, 6.07) is 10.2. The van der Waals surface area contributed by atoms with Gasteiger partial charge in [-0.15, -0.1) is 0 Å². The molecule has 0 bridgehead atoms. The minimum Gasteiger partial charge on any atom is -0.497 e. The van der Waals surface area contributed by atoms with Crippen LogP contribution in [0.4, 0.5) is 11.4 Å². The first-order chi connectivity index (χ1) is 14.1. The van der Waals surface area contributed by atoms with E-state index >= 15 is 0 Å². The Hall–Kier alpha value is -3.42. The second-order valence-electron chi connectivity index (χ2n) is 6.92. The normalized spacial score (nSPS) is 15.8. The summed E-state index contributed by atoms with van der Waals surface area (Å²) in [4.78, 5) is 25.7. The van der Waals surface area contributed by atoms with Crippen LogP contribution in [0.1, 0.15) is 12.8 Å². The fourth-order valence-electron chi connectivity index (χ4n) is 3.20. The molecule has 4 rings (SSSR count). The number of ether oxygens (including phenoxy) is 4. The summed E-state index contributed by atoms with van der Waals surface area (Å²) in [7, 11) is 3.06. The van der Waals surface area contributed by atoms with Crippen molar-refractivity contribution in [3.8, 4) is 23.0 Å². The van der Waals surface area contributed by atoms with Gasteiger partial charge in [-0.2, -0.15) is 0 Å². The van der Waals surface area contributed by atoms with E-state index in [1.54, 1.807) is 43.5 Å². The molecule has 0 unspecified atom stereocenters. The fourth-order valence-corrected chi connectivity index (χ4v) is 3.20. The van der Waals surface area contributed by atoms with Gasteiger partial charge in [0.2, 0.25) is 11.8 Å². The number of amides is 2. The largest absolute Gasteiger partial charge is 0.497 e. The molecule has 1 aliphatic heterocycles. The van der Waals surface area contributed by atoms with E-state index in [9.17, 15) is 9.59 Å². The molecule has 1 fully saturated rings. The lowest BCUT2D eigenvalue weighted by molar-refractivity contribution is -0.131. The summed E-state index contributed by atoms with van der Waals surface area (Å²) in [5.74, 6) is 1.57. The Kier molecular flexibility index (Phi) is 4.92. The summed E-state index contributed by atoms with van der Waals surface area (Å²) in [6.07, 6.45) is 0.960. The maximum Gasteiger partial charge on any atom is 0.240 e. The van der Waals surface area contributed by atoms with Gasteiger partial charge in [-0.05, 0) is 37.1 Å². The molecule has 0 saturated heterocycles. The van der Waals surface area contributed by atoms with Crippen molar-refractivity contribution in [1.29, 1.82) is 0 Å². The minimum atomic E-state index is -1.10. The zero-order valence-corrected chi connectivity index (χ0v) is 16.2. The number of anilines is 2. The summed E-state index contributed by atoms with van der Waals surface area (Å²) in [6.45, 7) is 0.956. The van der Waals surface area contributed by atoms with Crippen molar-refractivity contribution in [3.63, 3.8) is 0 Å². The van der Waals surface area contributed by atoms with Crippen molar-refractivity contribution >= 4 is 23.2 Å². The Morgan fingerprint density at radius 1 is 0.897 bits per heavy atom. The van der Waals surface area contributed by atoms with E-state index in [4.69, 9.17) is 18.9 Å². The first-order valence-corrected chi connectivity index (χ1v) is 9.30. The lowest BCUT2D eigenvalue weighted by Crippen LogP contribution is -2.35. The highest BCUT2D eigenvalue weighted by Crippen LogP contribution is 2.48. The van der Waals surface area contributed by atoms with Gasteiger partial charge in [0.05, 0.1) is 19.9 Å². The summed E-state index contributed by atoms with van der Waals surface area (Å²) in [5, 5.41) is 5.63. The minimum absolute atomic E-state index is 0.348. The van der Waals surface area contributed by atoms with Gasteiger partial charge in [0, 0.05) is 17.8 Å². The van der Waals surface area contributed by atoms with Crippen LogP contribution in [0, 0.1) is 5.41 Å². The molecule has 1 aliphatic carbocycles. The summed E-state index contributed by atoms with van der Waals surface area (Å²) >= 11 is 0. The second-order valence-corrected chi connectivity index (χ2v) is 6.92. The smallest absolute Gasteiger partial charge is 0.240 e. The third-order valence-electron chi connectivity index (χ3n) is 5.08. The van der Waals surface area contributed by atoms with Crippen LogP contribution >= 0.6 is 0 Å². The number of carbonyl (C=O) groups is 2. The van der Waals surface area contributed by atoms with Crippen molar-refractivity contribution in [1.82, 2.24) is 0 Å². The van der Waals surface area contributed by atoms with E-state index in [1.165, 1.54) is 7.11 Å². The molecule has 0 atom stereocenters. The van der Waals surface area contributed by atoms with E-state index in [0.29, 0.717) is 60.4 Å². The van der Waals surface area contributed by atoms with E-state index in [0.717, 1.165) is 0 Å². The average Bonchev–Trinajstić information content (AvgIpc) is 3.56. The van der Waals surface area contributed by atoms with Gasteiger partial charge in [-0.1, -0.05) is 0 Å². The molecular formula is C21H22N2O6. The second kappa shape index (κ2) is 7.54. The molecule has 0 radical (unpaired) electrons. The summed E-state index contributed by atoms with van der Waals surface area (Å²) in [5.41, 5.74) is -0.0601. The van der Waals surface area contributed by atoms with Gasteiger partial charge in [0.15, 0.2) is 11.5 Å². The number of nitrogens with one attached hydrogen (secondary N) is 2. The third-order valence-corrected chi connectivity index (χ3v) is 5.08. The van der Waals surface area contributed by atoms with Gasteiger partial charge >= 0.3 is 0 Å². The maximum absolute atomic E-state index is 12.9. The molecule has 1 saturated carbocycles. The number of carbonyl (C=O) groups excluding carboxylic acids is 2. The van der Waals surface area contributed by atoms with Gasteiger partial charge in [-0.3, -0.25) is 9.59 Å². The standard InChI is InChI=1S/C21H22N2O6/c1-26-14-4-5-15(17(12-14)27-2)23-20(25)21(7-8-21)19(24)22-13-3-6-16-18(11-13)29-10-9-28-16/h3-6,11-12H,7-10H2,1-2H3,(H,22,24)(H,23,25). The van der Waals surface area contributed by atoms with Crippen LogP contribution in [0.25, 0.3) is 0 Å². The van der Waals surface area contributed by atoms with Crippen LogP contribution in [0.5, 0.6) is 23.0 Å². The van der Waals surface area contributed by atoms with E-state index in [2.05, 4.69) is 10.6 Å². The molecule has 29 heavy (non-hydrogen) atoms. The Balaban J connectivity index is 1.47. The van der Waals surface area contributed by atoms with Crippen molar-refractivity contribution < 1.29 is 28.5 Å². The molecule has 152 valence electrons. The monoisotopic (exact) mass is 398 g/mol. The Morgan fingerprint density at radius 2 is 1.62 bits per heavy atom. The van der Waals surface area contributed by atoms with Crippen molar-refractivity contribution in [2.24, 2.45) is 5.41 Å². The zero-order chi connectivity index (χ0) is 20.4. The molecule has 8 heteroatoms. The van der Waals surface area contributed by atoms with Crippen LogP contribution in [0.3, 0.4) is 0 Å². The third kappa shape index (κ3) is 3.65. The Bertz CT molecular complexity index is 954. The van der Waals surface area contributed by atoms with Crippen LogP contribution < -0.4 is 29.6 Å². The molecule has 0 spiro atoms. The number of fused-ring (bicyclic) bond motifs is 1. The quantitative estimate of drug-likeness (QED) is 0.727. The number of hydrogen-bond acceptors (Lipinski definition) is 6. The SMILES string of the molecule is COc1ccc(NC(=O)C2(C(=O)Nc3ccc4c(c3)OCCO4)CC2)c(OC)c1. The Labute approximate surface area is 168 Å². The number of rotatable bonds is 6. The number of hydrogen-bond donors (Lipinski definition) is 2. The first kappa shape index (κ1) is 18.9. The van der Waals surface area contributed by atoms with Crippen LogP contribution in [-0.4, -0.2) is 39.2 Å². The molecule has 2 aromatic carbocycles. The fraction of sp³-hybridized carbons (Fsp3) is 0.333. The molecule has 0 aromatic heterocycles. The topological polar surface area (TPSA) is 95.1 Å². The molecule has 2 amide bonds. The molecule has 2 N–H and O–H groups in total. The van der Waals surface area contributed by atoms with Crippen LogP contribution in [-0.2, 0) is 9.59 Å². The number of methoxy groups -OCH3 is 2. The molecule has 2 aromatic rings. The van der Waals surface area contributed by atoms with E-state index in [-0.39, 0.29) is 11.8 Å². The van der Waals surface area contributed by atoms with Crippen molar-refractivity contribution in [2.75, 3.05) is 38.1 Å². The lowest BCUT2D eigenvalue weighted by Gasteiger charge is -2.20. The van der Waals surface area contributed by atoms with Crippen molar-refractivity contribution in [3.05, 3.63) is 36.4 Å². The highest BCUT2D eigenvalue weighted by atomic mass is 16.6. The van der Waals surface area contributed by atoms with Crippen LogP contribution in [0.15, 0.2) is 36.4 Å². The predicted molar refractivity (Wildman–Crippen MR) is 106 cm³/mol. The van der Waals surface area contributed by atoms with Gasteiger partial charge in [0.1, 0.15) is 30.1 Å². The lowest BCUT2D eigenvalue weighted by atomic mass is 10.0. The molecule has 2 aliphatic rings. The molecule has 1 heterocycles. The zero-order valence-electron chi connectivity index (χ0n) is 16.2. The average molecular weight is 398 g/mol. The van der Waals surface area contributed by atoms with Gasteiger partial charge in [-0.25, -0.2) is 0 Å².